The number of hydrogen-bond donors (Lipinski definition) is 0. The van der Waals surface area contributed by atoms with Crippen LogP contribution in [0.3, 0.4) is 0 Å². The highest BCUT2D eigenvalue weighted by Gasteiger charge is 2.17. The Labute approximate surface area is 79.7 Å². The molecule has 0 saturated carbocycles. The van der Waals surface area contributed by atoms with E-state index in [-0.39, 0.29) is 5.97 Å². The zero-order valence-electron chi connectivity index (χ0n) is 8.85. The molecule has 0 aromatic rings. The molecule has 0 spiro atoms. The number of hydrogen-bond acceptors (Lipinski definition) is 3. The first-order chi connectivity index (χ1) is 5.87. The summed E-state index contributed by atoms with van der Waals surface area (Å²) in [5, 5.41) is 0. The fourth-order valence-corrected chi connectivity index (χ4v) is 0.678. The van der Waals surface area contributed by atoms with E-state index < -0.39 is 5.60 Å². The molecule has 0 heterocycles. The number of ether oxygens (including phenoxy) is 2. The van der Waals surface area contributed by atoms with Crippen LogP contribution in [0.1, 0.15) is 27.2 Å². The molecule has 0 atom stereocenters. The summed E-state index contributed by atoms with van der Waals surface area (Å²) in [5.74, 6) is -0.343. The lowest BCUT2D eigenvalue weighted by molar-refractivity contribution is -0.150. The van der Waals surface area contributed by atoms with Gasteiger partial charge in [-0.2, -0.15) is 0 Å². The molecule has 0 unspecified atom stereocenters. The summed E-state index contributed by atoms with van der Waals surface area (Å²) in [7, 11) is 1.59. The maximum atomic E-state index is 11.3. The molecule has 0 aliphatic heterocycles. The Balaban J connectivity index is 3.91. The average molecular weight is 186 g/mol. The molecule has 3 nitrogen and oxygen atoms in total. The maximum Gasteiger partial charge on any atom is 0.334 e. The van der Waals surface area contributed by atoms with Gasteiger partial charge >= 0.3 is 5.97 Å². The minimum absolute atomic E-state index is 0.343. The van der Waals surface area contributed by atoms with Crippen molar-refractivity contribution in [3.05, 3.63) is 12.2 Å². The molecule has 0 radical (unpaired) electrons. The van der Waals surface area contributed by atoms with E-state index in [0.717, 1.165) is 0 Å². The fourth-order valence-electron chi connectivity index (χ4n) is 0.678. The summed E-state index contributed by atoms with van der Waals surface area (Å²) in [4.78, 5) is 11.3. The lowest BCUT2D eigenvalue weighted by Crippen LogP contribution is -2.24. The van der Waals surface area contributed by atoms with Crippen molar-refractivity contribution in [2.24, 2.45) is 0 Å². The third-order valence-corrected chi connectivity index (χ3v) is 1.30. The van der Waals surface area contributed by atoms with Crippen molar-refractivity contribution >= 4 is 5.97 Å². The van der Waals surface area contributed by atoms with Crippen molar-refractivity contribution in [1.82, 2.24) is 0 Å². The zero-order chi connectivity index (χ0) is 10.5. The highest BCUT2D eigenvalue weighted by Crippen LogP contribution is 2.11. The Morgan fingerprint density at radius 1 is 1.38 bits per heavy atom. The molecule has 0 aliphatic carbocycles. The van der Waals surface area contributed by atoms with E-state index in [2.05, 4.69) is 6.58 Å². The van der Waals surface area contributed by atoms with Crippen molar-refractivity contribution in [1.29, 1.82) is 0 Å². The summed E-state index contributed by atoms with van der Waals surface area (Å²) >= 11 is 0. The van der Waals surface area contributed by atoms with Gasteiger partial charge in [0.05, 0.1) is 6.61 Å². The first kappa shape index (κ1) is 12.2. The van der Waals surface area contributed by atoms with Crippen LogP contribution < -0.4 is 0 Å². The first-order valence-corrected chi connectivity index (χ1v) is 4.27. The predicted molar refractivity (Wildman–Crippen MR) is 51.5 cm³/mol. The second-order valence-corrected chi connectivity index (χ2v) is 3.85. The smallest absolute Gasteiger partial charge is 0.334 e. The van der Waals surface area contributed by atoms with Crippen LogP contribution in [0.2, 0.25) is 0 Å². The number of esters is 1. The number of carbonyl (C=O) groups is 1. The molecule has 76 valence electrons. The van der Waals surface area contributed by atoms with Gasteiger partial charge < -0.3 is 9.47 Å². The molecule has 0 aromatic carbocycles. The maximum absolute atomic E-state index is 11.3. The van der Waals surface area contributed by atoms with Gasteiger partial charge in [0, 0.05) is 19.1 Å². The highest BCUT2D eigenvalue weighted by molar-refractivity contribution is 5.87. The van der Waals surface area contributed by atoms with Crippen LogP contribution in [-0.4, -0.2) is 25.3 Å². The monoisotopic (exact) mass is 186 g/mol. The van der Waals surface area contributed by atoms with E-state index in [4.69, 9.17) is 9.47 Å². The number of carbonyl (C=O) groups excluding carboxylic acids is 1. The quantitative estimate of drug-likeness (QED) is 0.497. The second kappa shape index (κ2) is 5.02. The van der Waals surface area contributed by atoms with Crippen LogP contribution in [0.15, 0.2) is 12.2 Å². The van der Waals surface area contributed by atoms with Crippen molar-refractivity contribution in [2.45, 2.75) is 32.8 Å². The van der Waals surface area contributed by atoms with E-state index >= 15 is 0 Å². The Morgan fingerprint density at radius 3 is 2.31 bits per heavy atom. The van der Waals surface area contributed by atoms with E-state index in [1.807, 2.05) is 20.8 Å². The largest absolute Gasteiger partial charge is 0.457 e. The van der Waals surface area contributed by atoms with Crippen LogP contribution >= 0.6 is 0 Å². The van der Waals surface area contributed by atoms with Crippen molar-refractivity contribution < 1.29 is 14.3 Å². The summed E-state index contributed by atoms with van der Waals surface area (Å²) in [6.45, 7) is 9.60. The van der Waals surface area contributed by atoms with Gasteiger partial charge in [-0.15, -0.1) is 0 Å². The first-order valence-electron chi connectivity index (χ1n) is 4.27. The SMILES string of the molecule is C=C(CCOC)C(=O)OC(C)(C)C. The molecule has 0 N–H and O–H groups in total. The van der Waals surface area contributed by atoms with E-state index in [1.54, 1.807) is 7.11 Å². The third-order valence-electron chi connectivity index (χ3n) is 1.30. The lowest BCUT2D eigenvalue weighted by Gasteiger charge is -2.20. The highest BCUT2D eigenvalue weighted by atomic mass is 16.6. The van der Waals surface area contributed by atoms with E-state index in [1.165, 1.54) is 0 Å². The second-order valence-electron chi connectivity index (χ2n) is 3.85. The molecule has 0 rings (SSSR count). The summed E-state index contributed by atoms with van der Waals surface area (Å²) in [6.07, 6.45) is 0.519. The molecule has 0 aromatic heterocycles. The summed E-state index contributed by atoms with van der Waals surface area (Å²) < 4.78 is 9.93. The Morgan fingerprint density at radius 2 is 1.92 bits per heavy atom. The molecule has 0 aliphatic rings. The molecular formula is C10H18O3. The number of methoxy groups -OCH3 is 1. The van der Waals surface area contributed by atoms with Gasteiger partial charge in [0.15, 0.2) is 0 Å². The van der Waals surface area contributed by atoms with Crippen LogP contribution in [0.25, 0.3) is 0 Å². The predicted octanol–water partition coefficient (Wildman–Crippen LogP) is 1.92. The van der Waals surface area contributed by atoms with Gasteiger partial charge in [-0.1, -0.05) is 6.58 Å². The van der Waals surface area contributed by atoms with Crippen LogP contribution in [-0.2, 0) is 14.3 Å². The van der Waals surface area contributed by atoms with Crippen LogP contribution in [0.4, 0.5) is 0 Å². The molecule has 0 bridgehead atoms. The van der Waals surface area contributed by atoms with Gasteiger partial charge in [0.2, 0.25) is 0 Å². The fraction of sp³-hybridized carbons (Fsp3) is 0.700. The molecule has 0 amide bonds. The van der Waals surface area contributed by atoms with Crippen LogP contribution in [0.5, 0.6) is 0 Å². The minimum Gasteiger partial charge on any atom is -0.457 e. The minimum atomic E-state index is -0.451. The average Bonchev–Trinajstić information content (AvgIpc) is 1.96. The zero-order valence-corrected chi connectivity index (χ0v) is 8.85. The van der Waals surface area contributed by atoms with Gasteiger partial charge in [-0.3, -0.25) is 0 Å². The van der Waals surface area contributed by atoms with Crippen LogP contribution in [0, 0.1) is 0 Å². The standard InChI is InChI=1S/C10H18O3/c1-8(6-7-12-5)9(11)13-10(2,3)4/h1,6-7H2,2-5H3. The van der Waals surface area contributed by atoms with Gasteiger partial charge in [-0.25, -0.2) is 4.79 Å². The molecule has 0 fully saturated rings. The molecule has 0 saturated heterocycles. The lowest BCUT2D eigenvalue weighted by atomic mass is 10.1. The van der Waals surface area contributed by atoms with Gasteiger partial charge in [0.25, 0.3) is 0 Å². The van der Waals surface area contributed by atoms with Gasteiger partial charge in [0.1, 0.15) is 5.60 Å². The van der Waals surface area contributed by atoms with Crippen molar-refractivity contribution in [3.8, 4) is 0 Å². The van der Waals surface area contributed by atoms with Crippen molar-refractivity contribution in [3.63, 3.8) is 0 Å². The van der Waals surface area contributed by atoms with Crippen molar-refractivity contribution in [2.75, 3.05) is 13.7 Å². The molecular weight excluding hydrogens is 168 g/mol. The summed E-state index contributed by atoms with van der Waals surface area (Å²) in [6, 6.07) is 0. The van der Waals surface area contributed by atoms with E-state index in [9.17, 15) is 4.79 Å². The van der Waals surface area contributed by atoms with Gasteiger partial charge in [-0.05, 0) is 20.8 Å². The topological polar surface area (TPSA) is 35.5 Å². The molecule has 3 heteroatoms. The Bertz CT molecular complexity index is 189. The molecule has 13 heavy (non-hydrogen) atoms. The Hall–Kier alpha value is -0.830. The third kappa shape index (κ3) is 6.34. The normalized spacial score (nSPS) is 11.1. The van der Waals surface area contributed by atoms with E-state index in [0.29, 0.717) is 18.6 Å². The Kier molecular flexibility index (Phi) is 4.70. The number of rotatable bonds is 4. The summed E-state index contributed by atoms with van der Waals surface area (Å²) in [5.41, 5.74) is 0.00405.